The van der Waals surface area contributed by atoms with Crippen molar-refractivity contribution in [2.45, 2.75) is 20.0 Å². The first-order valence-corrected chi connectivity index (χ1v) is 6.17. The van der Waals surface area contributed by atoms with Crippen molar-refractivity contribution in [2.75, 3.05) is 6.61 Å². The Kier molecular flexibility index (Phi) is 4.11. The van der Waals surface area contributed by atoms with Crippen molar-refractivity contribution in [2.24, 2.45) is 0 Å². The number of aromatic amines is 1. The molecule has 0 radical (unpaired) electrons. The second-order valence-corrected chi connectivity index (χ2v) is 4.17. The number of nitrogens with zero attached hydrogens (tertiary/aromatic N) is 2. The standard InChI is InChI=1S/C12H15N3O2S/c1-2-7-17-10-5-3-9(4-6-10)15-11(8-16)13-14-12(15)18/h3-6,16H,2,7-8H2,1H3,(H,14,18). The van der Waals surface area contributed by atoms with Crippen molar-refractivity contribution in [1.29, 1.82) is 0 Å². The number of rotatable bonds is 5. The lowest BCUT2D eigenvalue weighted by molar-refractivity contribution is 0.269. The van der Waals surface area contributed by atoms with E-state index in [-0.39, 0.29) is 6.61 Å². The zero-order valence-electron chi connectivity index (χ0n) is 10.1. The second kappa shape index (κ2) is 5.79. The van der Waals surface area contributed by atoms with Gasteiger partial charge in [-0.05, 0) is 42.9 Å². The Morgan fingerprint density at radius 2 is 2.11 bits per heavy atom. The summed E-state index contributed by atoms with van der Waals surface area (Å²) < 4.78 is 7.66. The molecule has 6 heteroatoms. The van der Waals surface area contributed by atoms with Gasteiger partial charge in [0.25, 0.3) is 0 Å². The fourth-order valence-electron chi connectivity index (χ4n) is 1.61. The lowest BCUT2D eigenvalue weighted by Crippen LogP contribution is -2.01. The van der Waals surface area contributed by atoms with E-state index in [0.29, 0.717) is 17.2 Å². The van der Waals surface area contributed by atoms with Crippen LogP contribution in [-0.4, -0.2) is 26.5 Å². The molecule has 0 unspecified atom stereocenters. The lowest BCUT2D eigenvalue weighted by Gasteiger charge is -2.07. The summed E-state index contributed by atoms with van der Waals surface area (Å²) in [5.74, 6) is 1.31. The molecule has 0 aliphatic carbocycles. The van der Waals surface area contributed by atoms with Crippen molar-refractivity contribution in [3.63, 3.8) is 0 Å². The number of benzene rings is 1. The fraction of sp³-hybridized carbons (Fsp3) is 0.333. The number of H-pyrrole nitrogens is 1. The van der Waals surface area contributed by atoms with E-state index in [1.807, 2.05) is 24.3 Å². The summed E-state index contributed by atoms with van der Waals surface area (Å²) in [5, 5.41) is 15.8. The van der Waals surface area contributed by atoms with E-state index in [1.165, 1.54) is 0 Å². The van der Waals surface area contributed by atoms with E-state index >= 15 is 0 Å². The molecule has 0 atom stereocenters. The number of nitrogens with one attached hydrogen (secondary N) is 1. The Balaban J connectivity index is 2.28. The number of ether oxygens (including phenoxy) is 1. The molecule has 96 valence electrons. The van der Waals surface area contributed by atoms with Gasteiger partial charge < -0.3 is 9.84 Å². The van der Waals surface area contributed by atoms with Crippen molar-refractivity contribution >= 4 is 12.2 Å². The van der Waals surface area contributed by atoms with Crippen LogP contribution in [0.2, 0.25) is 0 Å². The summed E-state index contributed by atoms with van der Waals surface area (Å²) in [6.07, 6.45) is 0.975. The molecule has 0 saturated heterocycles. The third kappa shape index (κ3) is 2.60. The monoisotopic (exact) mass is 265 g/mol. The molecule has 0 spiro atoms. The van der Waals surface area contributed by atoms with Crippen LogP contribution in [0.25, 0.3) is 5.69 Å². The maximum absolute atomic E-state index is 9.19. The van der Waals surface area contributed by atoms with Gasteiger partial charge in [0, 0.05) is 5.69 Å². The molecule has 0 aliphatic heterocycles. The Morgan fingerprint density at radius 1 is 1.39 bits per heavy atom. The molecule has 2 rings (SSSR count). The Bertz CT molecular complexity index is 559. The first kappa shape index (κ1) is 12.8. The molecule has 0 saturated carbocycles. The van der Waals surface area contributed by atoms with Gasteiger partial charge in [0.05, 0.1) is 6.61 Å². The van der Waals surface area contributed by atoms with Gasteiger partial charge in [-0.2, -0.15) is 5.10 Å². The fourth-order valence-corrected chi connectivity index (χ4v) is 1.87. The van der Waals surface area contributed by atoms with Crippen LogP contribution in [0.15, 0.2) is 24.3 Å². The average Bonchev–Trinajstić information content (AvgIpc) is 2.78. The van der Waals surface area contributed by atoms with Crippen molar-refractivity contribution in [3.05, 3.63) is 34.9 Å². The second-order valence-electron chi connectivity index (χ2n) is 3.78. The molecule has 0 fully saturated rings. The topological polar surface area (TPSA) is 63.1 Å². The number of aliphatic hydroxyl groups is 1. The smallest absolute Gasteiger partial charge is 0.199 e. The minimum Gasteiger partial charge on any atom is -0.494 e. The minimum absolute atomic E-state index is 0.165. The predicted molar refractivity (Wildman–Crippen MR) is 70.5 cm³/mol. The number of hydrogen-bond donors (Lipinski definition) is 2. The average molecular weight is 265 g/mol. The lowest BCUT2D eigenvalue weighted by atomic mass is 10.3. The molecule has 1 heterocycles. The molecule has 5 nitrogen and oxygen atoms in total. The first-order valence-electron chi connectivity index (χ1n) is 5.76. The predicted octanol–water partition coefficient (Wildman–Crippen LogP) is 2.21. The van der Waals surface area contributed by atoms with Crippen LogP contribution in [0.5, 0.6) is 5.75 Å². The summed E-state index contributed by atoms with van der Waals surface area (Å²) >= 11 is 5.13. The van der Waals surface area contributed by atoms with Gasteiger partial charge in [-0.25, -0.2) is 0 Å². The molecule has 1 aromatic carbocycles. The Hall–Kier alpha value is -1.66. The van der Waals surface area contributed by atoms with Crippen LogP contribution >= 0.6 is 12.2 Å². The normalized spacial score (nSPS) is 10.6. The highest BCUT2D eigenvalue weighted by molar-refractivity contribution is 7.71. The molecule has 18 heavy (non-hydrogen) atoms. The van der Waals surface area contributed by atoms with E-state index in [4.69, 9.17) is 17.0 Å². The molecule has 0 amide bonds. The van der Waals surface area contributed by atoms with E-state index < -0.39 is 0 Å². The zero-order chi connectivity index (χ0) is 13.0. The van der Waals surface area contributed by atoms with E-state index in [0.717, 1.165) is 17.9 Å². The molecule has 1 aromatic heterocycles. The number of aliphatic hydroxyl groups excluding tert-OH is 1. The Morgan fingerprint density at radius 3 is 2.72 bits per heavy atom. The van der Waals surface area contributed by atoms with Gasteiger partial charge in [-0.15, -0.1) is 0 Å². The van der Waals surface area contributed by atoms with Gasteiger partial charge in [0.2, 0.25) is 0 Å². The van der Waals surface area contributed by atoms with Crippen molar-refractivity contribution < 1.29 is 9.84 Å². The maximum atomic E-state index is 9.19. The quantitative estimate of drug-likeness (QED) is 0.814. The van der Waals surface area contributed by atoms with Gasteiger partial charge in [-0.1, -0.05) is 6.92 Å². The molecule has 2 N–H and O–H groups in total. The molecular weight excluding hydrogens is 250 g/mol. The van der Waals surface area contributed by atoms with E-state index in [1.54, 1.807) is 4.57 Å². The highest BCUT2D eigenvalue weighted by atomic mass is 32.1. The van der Waals surface area contributed by atoms with Gasteiger partial charge in [-0.3, -0.25) is 9.67 Å². The van der Waals surface area contributed by atoms with Crippen LogP contribution in [0.4, 0.5) is 0 Å². The summed E-state index contributed by atoms with van der Waals surface area (Å²) in [5.41, 5.74) is 0.849. The summed E-state index contributed by atoms with van der Waals surface area (Å²) in [7, 11) is 0. The third-order valence-corrected chi connectivity index (χ3v) is 2.72. The van der Waals surface area contributed by atoms with Crippen LogP contribution in [0.3, 0.4) is 0 Å². The van der Waals surface area contributed by atoms with E-state index in [9.17, 15) is 5.11 Å². The summed E-state index contributed by atoms with van der Waals surface area (Å²) in [4.78, 5) is 0. The van der Waals surface area contributed by atoms with Crippen LogP contribution < -0.4 is 4.74 Å². The van der Waals surface area contributed by atoms with Crippen LogP contribution in [0.1, 0.15) is 19.2 Å². The Labute approximate surface area is 110 Å². The molecule has 0 aliphatic rings. The van der Waals surface area contributed by atoms with Crippen LogP contribution in [-0.2, 0) is 6.61 Å². The van der Waals surface area contributed by atoms with Gasteiger partial charge in [0.15, 0.2) is 10.6 Å². The summed E-state index contributed by atoms with van der Waals surface area (Å²) in [6, 6.07) is 7.52. The van der Waals surface area contributed by atoms with Gasteiger partial charge in [0.1, 0.15) is 12.4 Å². The largest absolute Gasteiger partial charge is 0.494 e. The number of hydrogen-bond acceptors (Lipinski definition) is 4. The highest BCUT2D eigenvalue weighted by Gasteiger charge is 2.06. The summed E-state index contributed by atoms with van der Waals surface area (Å²) in [6.45, 7) is 2.60. The zero-order valence-corrected chi connectivity index (χ0v) is 10.9. The molecule has 0 bridgehead atoms. The van der Waals surface area contributed by atoms with E-state index in [2.05, 4.69) is 17.1 Å². The third-order valence-electron chi connectivity index (χ3n) is 2.45. The maximum Gasteiger partial charge on any atom is 0.199 e. The van der Waals surface area contributed by atoms with Crippen molar-refractivity contribution in [3.8, 4) is 11.4 Å². The molecule has 2 aromatic rings. The number of aromatic nitrogens is 3. The van der Waals surface area contributed by atoms with Gasteiger partial charge >= 0.3 is 0 Å². The van der Waals surface area contributed by atoms with Crippen molar-refractivity contribution in [1.82, 2.24) is 14.8 Å². The highest BCUT2D eigenvalue weighted by Crippen LogP contribution is 2.17. The SMILES string of the molecule is CCCOc1ccc(-n2c(CO)n[nH]c2=S)cc1. The first-order chi connectivity index (χ1) is 8.76. The van der Waals surface area contributed by atoms with Crippen LogP contribution in [0, 0.1) is 4.77 Å². The molecular formula is C12H15N3O2S. The minimum atomic E-state index is -0.165.